The van der Waals surface area contributed by atoms with Crippen molar-refractivity contribution in [2.24, 2.45) is 5.92 Å². The molecule has 5 heteroatoms. The largest absolute Gasteiger partial charge is 0.343 e. The van der Waals surface area contributed by atoms with Crippen LogP contribution in [-0.2, 0) is 17.8 Å². The fourth-order valence-electron chi connectivity index (χ4n) is 4.29. The summed E-state index contributed by atoms with van der Waals surface area (Å²) < 4.78 is 2.05. The van der Waals surface area contributed by atoms with Gasteiger partial charge in [-0.15, -0.1) is 0 Å². The van der Waals surface area contributed by atoms with Crippen molar-refractivity contribution in [3.05, 3.63) is 53.6 Å². The van der Waals surface area contributed by atoms with Crippen LogP contribution in [0.15, 0.2) is 36.7 Å². The summed E-state index contributed by atoms with van der Waals surface area (Å²) in [4.78, 5) is 21.6. The van der Waals surface area contributed by atoms with Crippen molar-refractivity contribution in [1.82, 2.24) is 19.4 Å². The Hall–Kier alpha value is -2.14. The number of amides is 1. The molecule has 0 radical (unpaired) electrons. The molecule has 0 saturated carbocycles. The number of aromatic nitrogens is 2. The highest BCUT2D eigenvalue weighted by molar-refractivity contribution is 5.76. The topological polar surface area (TPSA) is 41.4 Å². The lowest BCUT2D eigenvalue weighted by molar-refractivity contribution is -0.132. The zero-order chi connectivity index (χ0) is 20.6. The van der Waals surface area contributed by atoms with Crippen LogP contribution in [-0.4, -0.2) is 58.0 Å². The molecule has 2 aromatic rings. The number of carbonyl (C=O) groups is 1. The normalized spacial score (nSPS) is 15.6. The van der Waals surface area contributed by atoms with Gasteiger partial charge in [-0.3, -0.25) is 4.79 Å². The summed E-state index contributed by atoms with van der Waals surface area (Å²) in [6.07, 6.45) is 7.82. The molecule has 2 heterocycles. The van der Waals surface area contributed by atoms with Crippen LogP contribution in [0.2, 0.25) is 0 Å². The van der Waals surface area contributed by atoms with E-state index in [1.165, 1.54) is 24.0 Å². The van der Waals surface area contributed by atoms with Crippen LogP contribution in [0.3, 0.4) is 0 Å². The molecule has 1 aromatic heterocycles. The van der Waals surface area contributed by atoms with Gasteiger partial charge < -0.3 is 14.4 Å². The van der Waals surface area contributed by atoms with Crippen LogP contribution in [0.4, 0.5) is 0 Å². The minimum absolute atomic E-state index is 0.266. The maximum absolute atomic E-state index is 12.7. The summed E-state index contributed by atoms with van der Waals surface area (Å²) in [6, 6.07) is 8.70. The summed E-state index contributed by atoms with van der Waals surface area (Å²) in [5.41, 5.74) is 2.86. The highest BCUT2D eigenvalue weighted by Gasteiger charge is 2.23. The molecular formula is C24H36N4O. The highest BCUT2D eigenvalue weighted by Crippen LogP contribution is 2.20. The third-order valence-electron chi connectivity index (χ3n) is 6.37. The lowest BCUT2D eigenvalue weighted by Gasteiger charge is -2.34. The second-order valence-corrected chi connectivity index (χ2v) is 8.31. The predicted molar refractivity (Wildman–Crippen MR) is 118 cm³/mol. The lowest BCUT2D eigenvalue weighted by atomic mass is 9.95. The second-order valence-electron chi connectivity index (χ2n) is 8.31. The molecule has 158 valence electrons. The third kappa shape index (κ3) is 6.17. The molecule has 0 unspecified atom stereocenters. The summed E-state index contributed by atoms with van der Waals surface area (Å²) in [5.74, 6) is 1.87. The van der Waals surface area contributed by atoms with E-state index in [-0.39, 0.29) is 5.91 Å². The van der Waals surface area contributed by atoms with E-state index >= 15 is 0 Å². The van der Waals surface area contributed by atoms with Crippen molar-refractivity contribution in [3.8, 4) is 0 Å². The molecule has 0 atom stereocenters. The molecule has 29 heavy (non-hydrogen) atoms. The number of hydrogen-bond donors (Lipinski definition) is 0. The second kappa shape index (κ2) is 10.6. The van der Waals surface area contributed by atoms with Gasteiger partial charge in [-0.2, -0.15) is 0 Å². The molecule has 3 rings (SSSR count). The molecule has 0 bridgehead atoms. The zero-order valence-electron chi connectivity index (χ0n) is 18.3. The maximum atomic E-state index is 12.7. The standard InChI is InChI=1S/C24H36N4O/c1-4-27(24(29)12-17-28-18-13-25-21(28)3)19-22-9-14-26(15-10-22)16-11-23-8-6-5-7-20(23)2/h5-8,13,18,22H,4,9-12,14-17,19H2,1-3H3. The number of rotatable bonds is 9. The fraction of sp³-hybridized carbons (Fsp3) is 0.583. The minimum atomic E-state index is 0.266. The molecule has 1 aromatic carbocycles. The van der Waals surface area contributed by atoms with Crippen LogP contribution >= 0.6 is 0 Å². The summed E-state index contributed by atoms with van der Waals surface area (Å²) >= 11 is 0. The summed E-state index contributed by atoms with van der Waals surface area (Å²) in [7, 11) is 0. The molecule has 1 amide bonds. The Morgan fingerprint density at radius 1 is 1.17 bits per heavy atom. The van der Waals surface area contributed by atoms with Gasteiger partial charge in [-0.05, 0) is 70.2 Å². The quantitative estimate of drug-likeness (QED) is 0.649. The van der Waals surface area contributed by atoms with E-state index in [0.717, 1.165) is 51.5 Å². The van der Waals surface area contributed by atoms with Crippen molar-refractivity contribution in [1.29, 1.82) is 0 Å². The Morgan fingerprint density at radius 3 is 2.59 bits per heavy atom. The monoisotopic (exact) mass is 396 g/mol. The first-order chi connectivity index (χ1) is 14.1. The molecule has 1 aliphatic rings. The average Bonchev–Trinajstić information content (AvgIpc) is 3.15. The number of benzene rings is 1. The van der Waals surface area contributed by atoms with Gasteiger partial charge in [0.1, 0.15) is 5.82 Å². The molecule has 1 aliphatic heterocycles. The van der Waals surface area contributed by atoms with Crippen molar-refractivity contribution in [3.63, 3.8) is 0 Å². The van der Waals surface area contributed by atoms with E-state index in [0.29, 0.717) is 12.3 Å². The molecule has 1 fully saturated rings. The molecule has 1 saturated heterocycles. The Morgan fingerprint density at radius 2 is 1.93 bits per heavy atom. The van der Waals surface area contributed by atoms with Crippen LogP contribution in [0.25, 0.3) is 0 Å². The number of hydrogen-bond acceptors (Lipinski definition) is 3. The third-order valence-corrected chi connectivity index (χ3v) is 6.37. The van der Waals surface area contributed by atoms with Gasteiger partial charge in [0.2, 0.25) is 5.91 Å². The summed E-state index contributed by atoms with van der Waals surface area (Å²) in [6.45, 7) is 12.1. The number of piperidine rings is 1. The molecule has 0 aliphatic carbocycles. The first kappa shape index (κ1) is 21.6. The van der Waals surface area contributed by atoms with Gasteiger partial charge in [0.15, 0.2) is 0 Å². The van der Waals surface area contributed by atoms with Crippen molar-refractivity contribution < 1.29 is 4.79 Å². The first-order valence-electron chi connectivity index (χ1n) is 11.1. The average molecular weight is 397 g/mol. The minimum Gasteiger partial charge on any atom is -0.343 e. The first-order valence-corrected chi connectivity index (χ1v) is 11.1. The van der Waals surface area contributed by atoms with Crippen LogP contribution in [0.5, 0.6) is 0 Å². The van der Waals surface area contributed by atoms with Crippen LogP contribution in [0.1, 0.15) is 43.1 Å². The SMILES string of the molecule is CCN(CC1CCN(CCc2ccccc2C)CC1)C(=O)CCn1ccnc1C. The van der Waals surface area contributed by atoms with E-state index < -0.39 is 0 Å². The maximum Gasteiger partial charge on any atom is 0.224 e. The van der Waals surface area contributed by atoms with Gasteiger partial charge >= 0.3 is 0 Å². The Bertz CT molecular complexity index is 777. The van der Waals surface area contributed by atoms with E-state index in [1.54, 1.807) is 6.20 Å². The number of carbonyl (C=O) groups excluding carboxylic acids is 1. The van der Waals surface area contributed by atoms with Crippen molar-refractivity contribution in [2.45, 2.75) is 53.0 Å². The van der Waals surface area contributed by atoms with E-state index in [4.69, 9.17) is 0 Å². The predicted octanol–water partition coefficient (Wildman–Crippen LogP) is 3.69. The summed E-state index contributed by atoms with van der Waals surface area (Å²) in [5, 5.41) is 0. The number of imidazole rings is 1. The molecule has 0 N–H and O–H groups in total. The fourth-order valence-corrected chi connectivity index (χ4v) is 4.29. The van der Waals surface area contributed by atoms with Gasteiger partial charge in [0.25, 0.3) is 0 Å². The van der Waals surface area contributed by atoms with E-state index in [1.807, 2.05) is 13.1 Å². The van der Waals surface area contributed by atoms with Gasteiger partial charge in [0.05, 0.1) is 0 Å². The van der Waals surface area contributed by atoms with Gasteiger partial charge in [-0.1, -0.05) is 24.3 Å². The highest BCUT2D eigenvalue weighted by atomic mass is 16.2. The molecule has 5 nitrogen and oxygen atoms in total. The van der Waals surface area contributed by atoms with Crippen molar-refractivity contribution in [2.75, 3.05) is 32.7 Å². The Balaban J connectivity index is 1.39. The Labute approximate surface area is 175 Å². The van der Waals surface area contributed by atoms with E-state index in [9.17, 15) is 4.79 Å². The molecule has 0 spiro atoms. The zero-order valence-corrected chi connectivity index (χ0v) is 18.3. The molecular weight excluding hydrogens is 360 g/mol. The lowest BCUT2D eigenvalue weighted by Crippen LogP contribution is -2.41. The van der Waals surface area contributed by atoms with E-state index in [2.05, 4.69) is 57.5 Å². The number of nitrogens with zero attached hydrogens (tertiary/aromatic N) is 4. The van der Waals surface area contributed by atoms with Gasteiger partial charge in [0, 0.05) is 45.0 Å². The number of likely N-dealkylation sites (tertiary alicyclic amines) is 1. The van der Waals surface area contributed by atoms with Gasteiger partial charge in [-0.25, -0.2) is 4.98 Å². The number of aryl methyl sites for hydroxylation is 3. The smallest absolute Gasteiger partial charge is 0.224 e. The van der Waals surface area contributed by atoms with Crippen molar-refractivity contribution >= 4 is 5.91 Å². The Kier molecular flexibility index (Phi) is 7.87. The van der Waals surface area contributed by atoms with Crippen LogP contribution in [0, 0.1) is 19.8 Å². The van der Waals surface area contributed by atoms with Crippen LogP contribution < -0.4 is 0 Å².